The first-order valence-corrected chi connectivity index (χ1v) is 8.12. The number of terminal acetylenes is 1. The van der Waals surface area contributed by atoms with Crippen molar-refractivity contribution in [3.8, 4) is 12.3 Å². The van der Waals surface area contributed by atoms with Gasteiger partial charge in [-0.05, 0) is 31.5 Å². The van der Waals surface area contributed by atoms with Gasteiger partial charge in [-0.25, -0.2) is 4.79 Å². The van der Waals surface area contributed by atoms with Crippen molar-refractivity contribution in [2.45, 2.75) is 26.4 Å². The van der Waals surface area contributed by atoms with Crippen molar-refractivity contribution in [2.75, 3.05) is 38.0 Å². The number of amides is 2. The standard InChI is InChI=1S/C18H26N4O/c1-4-8-21-9-11-22(12-10-21)18(23)19-14-16-6-5-7-17(13-16)20-15(2)3/h1,5-7,13,15,20H,8-12,14H2,2-3H3,(H,19,23). The van der Waals surface area contributed by atoms with Gasteiger partial charge >= 0.3 is 6.03 Å². The van der Waals surface area contributed by atoms with Crippen LogP contribution >= 0.6 is 0 Å². The summed E-state index contributed by atoms with van der Waals surface area (Å²) in [5.74, 6) is 2.65. The molecular formula is C18H26N4O. The van der Waals surface area contributed by atoms with Gasteiger partial charge < -0.3 is 15.5 Å². The molecule has 2 rings (SSSR count). The maximum Gasteiger partial charge on any atom is 0.317 e. The lowest BCUT2D eigenvalue weighted by molar-refractivity contribution is 0.147. The molecule has 0 aromatic heterocycles. The van der Waals surface area contributed by atoms with Gasteiger partial charge in [0.05, 0.1) is 6.54 Å². The average molecular weight is 314 g/mol. The maximum atomic E-state index is 12.2. The van der Waals surface area contributed by atoms with Crippen LogP contribution in [-0.2, 0) is 6.54 Å². The fraction of sp³-hybridized carbons (Fsp3) is 0.500. The largest absolute Gasteiger partial charge is 0.383 e. The molecule has 1 fully saturated rings. The Bertz CT molecular complexity index is 556. The lowest BCUT2D eigenvalue weighted by Gasteiger charge is -2.33. The number of anilines is 1. The number of hydrogen-bond acceptors (Lipinski definition) is 3. The SMILES string of the molecule is C#CCN1CCN(C(=O)NCc2cccc(NC(C)C)c2)CC1. The van der Waals surface area contributed by atoms with Crippen molar-refractivity contribution in [2.24, 2.45) is 0 Å². The third kappa shape index (κ3) is 5.50. The zero-order valence-electron chi connectivity index (χ0n) is 14.0. The van der Waals surface area contributed by atoms with E-state index in [0.29, 0.717) is 19.1 Å². The Balaban J connectivity index is 1.80. The number of piperazine rings is 1. The Morgan fingerprint density at radius 1 is 1.30 bits per heavy atom. The van der Waals surface area contributed by atoms with Gasteiger partial charge in [0.1, 0.15) is 0 Å². The molecule has 1 aliphatic heterocycles. The molecule has 0 bridgehead atoms. The number of carbonyl (C=O) groups is 1. The van der Waals surface area contributed by atoms with Gasteiger partial charge in [-0.15, -0.1) is 6.42 Å². The maximum absolute atomic E-state index is 12.2. The normalized spacial score (nSPS) is 15.3. The van der Waals surface area contributed by atoms with Crippen molar-refractivity contribution >= 4 is 11.7 Å². The molecule has 1 heterocycles. The highest BCUT2D eigenvalue weighted by Crippen LogP contribution is 2.12. The van der Waals surface area contributed by atoms with E-state index < -0.39 is 0 Å². The number of urea groups is 1. The lowest BCUT2D eigenvalue weighted by atomic mass is 10.2. The summed E-state index contributed by atoms with van der Waals surface area (Å²) in [5, 5.41) is 6.36. The van der Waals surface area contributed by atoms with Gasteiger partial charge in [-0.2, -0.15) is 0 Å². The van der Waals surface area contributed by atoms with Crippen molar-refractivity contribution in [3.63, 3.8) is 0 Å². The van der Waals surface area contributed by atoms with Crippen molar-refractivity contribution in [3.05, 3.63) is 29.8 Å². The summed E-state index contributed by atoms with van der Waals surface area (Å²) < 4.78 is 0. The summed E-state index contributed by atoms with van der Waals surface area (Å²) in [4.78, 5) is 16.3. The van der Waals surface area contributed by atoms with Crippen LogP contribution in [-0.4, -0.2) is 54.6 Å². The number of benzene rings is 1. The summed E-state index contributed by atoms with van der Waals surface area (Å²) >= 11 is 0. The molecule has 23 heavy (non-hydrogen) atoms. The number of hydrogen-bond donors (Lipinski definition) is 2. The van der Waals surface area contributed by atoms with Crippen LogP contribution in [0.15, 0.2) is 24.3 Å². The molecule has 0 unspecified atom stereocenters. The number of nitrogens with one attached hydrogen (secondary N) is 2. The minimum Gasteiger partial charge on any atom is -0.383 e. The summed E-state index contributed by atoms with van der Waals surface area (Å²) in [6, 6.07) is 8.52. The monoisotopic (exact) mass is 314 g/mol. The average Bonchev–Trinajstić information content (AvgIpc) is 2.53. The Kier molecular flexibility index (Phi) is 6.30. The fourth-order valence-electron chi connectivity index (χ4n) is 2.63. The second-order valence-electron chi connectivity index (χ2n) is 6.13. The molecule has 124 valence electrons. The van der Waals surface area contributed by atoms with E-state index in [1.165, 1.54) is 0 Å². The van der Waals surface area contributed by atoms with Crippen molar-refractivity contribution in [1.29, 1.82) is 0 Å². The Labute approximate surface area is 139 Å². The Morgan fingerprint density at radius 2 is 2.04 bits per heavy atom. The summed E-state index contributed by atoms with van der Waals surface area (Å²) in [6.07, 6.45) is 5.32. The minimum absolute atomic E-state index is 0.00687. The summed E-state index contributed by atoms with van der Waals surface area (Å²) in [6.45, 7) is 8.53. The van der Waals surface area contributed by atoms with E-state index in [1.807, 2.05) is 23.1 Å². The molecule has 1 aliphatic rings. The topological polar surface area (TPSA) is 47.6 Å². The summed E-state index contributed by atoms with van der Waals surface area (Å²) in [7, 11) is 0. The molecule has 0 saturated carbocycles. The Morgan fingerprint density at radius 3 is 2.70 bits per heavy atom. The van der Waals surface area contributed by atoms with Crippen molar-refractivity contribution < 1.29 is 4.79 Å². The van der Waals surface area contributed by atoms with Gasteiger partial charge in [-0.1, -0.05) is 18.1 Å². The molecular weight excluding hydrogens is 288 g/mol. The van der Waals surface area contributed by atoms with E-state index in [9.17, 15) is 4.79 Å². The molecule has 0 aliphatic carbocycles. The highest BCUT2D eigenvalue weighted by Gasteiger charge is 2.20. The van der Waals surface area contributed by atoms with E-state index in [2.05, 4.69) is 41.4 Å². The summed E-state index contributed by atoms with van der Waals surface area (Å²) in [5.41, 5.74) is 2.17. The molecule has 0 radical (unpaired) electrons. The smallest absolute Gasteiger partial charge is 0.317 e. The molecule has 0 atom stereocenters. The van der Waals surface area contributed by atoms with E-state index >= 15 is 0 Å². The molecule has 0 spiro atoms. The first-order valence-electron chi connectivity index (χ1n) is 8.12. The lowest BCUT2D eigenvalue weighted by Crippen LogP contribution is -2.51. The molecule has 2 amide bonds. The van der Waals surface area contributed by atoms with E-state index in [1.54, 1.807) is 0 Å². The first-order chi connectivity index (χ1) is 11.1. The van der Waals surface area contributed by atoms with Crippen molar-refractivity contribution in [1.82, 2.24) is 15.1 Å². The fourth-order valence-corrected chi connectivity index (χ4v) is 2.63. The van der Waals surface area contributed by atoms with Crippen LogP contribution in [0, 0.1) is 12.3 Å². The first kappa shape index (κ1) is 17.2. The van der Waals surface area contributed by atoms with Crippen LogP contribution in [0.25, 0.3) is 0 Å². The zero-order valence-corrected chi connectivity index (χ0v) is 14.0. The van der Waals surface area contributed by atoms with Gasteiger partial charge in [-0.3, -0.25) is 4.90 Å². The number of rotatable bonds is 5. The highest BCUT2D eigenvalue weighted by atomic mass is 16.2. The molecule has 1 aromatic carbocycles. The van der Waals surface area contributed by atoms with Crippen LogP contribution in [0.5, 0.6) is 0 Å². The molecule has 5 heteroatoms. The van der Waals surface area contributed by atoms with Gasteiger partial charge in [0.2, 0.25) is 0 Å². The molecule has 2 N–H and O–H groups in total. The second-order valence-corrected chi connectivity index (χ2v) is 6.13. The van der Waals surface area contributed by atoms with Crippen LogP contribution in [0.4, 0.5) is 10.5 Å². The van der Waals surface area contributed by atoms with E-state index in [-0.39, 0.29) is 6.03 Å². The van der Waals surface area contributed by atoms with E-state index in [0.717, 1.165) is 37.4 Å². The van der Waals surface area contributed by atoms with E-state index in [4.69, 9.17) is 6.42 Å². The van der Waals surface area contributed by atoms with Gasteiger partial charge in [0.15, 0.2) is 0 Å². The van der Waals surface area contributed by atoms with Gasteiger partial charge in [0, 0.05) is 44.5 Å². The molecule has 1 saturated heterocycles. The quantitative estimate of drug-likeness (QED) is 0.817. The van der Waals surface area contributed by atoms with Crippen LogP contribution < -0.4 is 10.6 Å². The highest BCUT2D eigenvalue weighted by molar-refractivity contribution is 5.74. The third-order valence-electron chi connectivity index (χ3n) is 3.80. The predicted molar refractivity (Wildman–Crippen MR) is 94.3 cm³/mol. The third-order valence-corrected chi connectivity index (χ3v) is 3.80. The van der Waals surface area contributed by atoms with Crippen LogP contribution in [0.3, 0.4) is 0 Å². The predicted octanol–water partition coefficient (Wildman–Crippen LogP) is 1.97. The number of carbonyl (C=O) groups excluding carboxylic acids is 1. The minimum atomic E-state index is -0.00687. The van der Waals surface area contributed by atoms with Crippen LogP contribution in [0.1, 0.15) is 19.4 Å². The number of nitrogens with zero attached hydrogens (tertiary/aromatic N) is 2. The molecule has 5 nitrogen and oxygen atoms in total. The molecule has 1 aromatic rings. The Hall–Kier alpha value is -2.19. The van der Waals surface area contributed by atoms with Crippen LogP contribution in [0.2, 0.25) is 0 Å². The van der Waals surface area contributed by atoms with Gasteiger partial charge in [0.25, 0.3) is 0 Å². The second kappa shape index (κ2) is 8.44. The zero-order chi connectivity index (χ0) is 16.7.